The summed E-state index contributed by atoms with van der Waals surface area (Å²) in [5, 5.41) is 15.3. The number of hydrogen-bond donors (Lipinski definition) is 0. The summed E-state index contributed by atoms with van der Waals surface area (Å²) in [6.45, 7) is 4.24. The molecule has 5 nitrogen and oxygen atoms in total. The number of rotatable bonds is 3. The molecule has 0 bridgehead atoms. The first-order chi connectivity index (χ1) is 8.47. The lowest BCUT2D eigenvalue weighted by Gasteiger charge is -2.06. The monoisotopic (exact) mass is 309 g/mol. The Morgan fingerprint density at radius 2 is 2.11 bits per heavy atom. The summed E-state index contributed by atoms with van der Waals surface area (Å²) in [4.78, 5) is 10.6. The molecule has 2 aromatic rings. The van der Waals surface area contributed by atoms with Crippen LogP contribution in [0.1, 0.15) is 17.0 Å². The number of nitro benzene ring substituents is 1. The quantitative estimate of drug-likeness (QED) is 0.646. The Morgan fingerprint density at radius 1 is 1.39 bits per heavy atom. The van der Waals surface area contributed by atoms with Gasteiger partial charge in [-0.05, 0) is 32.0 Å². The molecule has 0 atom stereocenters. The van der Waals surface area contributed by atoms with Gasteiger partial charge in [-0.2, -0.15) is 5.10 Å². The maximum Gasteiger partial charge on any atom is 0.275 e. The van der Waals surface area contributed by atoms with Gasteiger partial charge in [-0.3, -0.25) is 14.8 Å². The second kappa shape index (κ2) is 4.89. The first-order valence-corrected chi connectivity index (χ1v) is 6.20. The van der Waals surface area contributed by atoms with Crippen LogP contribution in [0.2, 0.25) is 0 Å². The molecule has 6 heteroatoms. The van der Waals surface area contributed by atoms with Gasteiger partial charge in [0.05, 0.1) is 22.7 Å². The predicted molar refractivity (Wildman–Crippen MR) is 71.6 cm³/mol. The van der Waals surface area contributed by atoms with Crippen molar-refractivity contribution in [3.8, 4) is 0 Å². The van der Waals surface area contributed by atoms with E-state index >= 15 is 0 Å². The van der Waals surface area contributed by atoms with Gasteiger partial charge in [0.25, 0.3) is 5.69 Å². The molecule has 0 unspecified atom stereocenters. The fraction of sp³-hybridized carbons (Fsp3) is 0.250. The topological polar surface area (TPSA) is 61.0 Å². The Balaban J connectivity index is 2.40. The molecular weight excluding hydrogens is 298 g/mol. The van der Waals surface area contributed by atoms with Crippen LogP contribution >= 0.6 is 15.9 Å². The average Bonchev–Trinajstić information content (AvgIpc) is 2.60. The van der Waals surface area contributed by atoms with Gasteiger partial charge in [0, 0.05) is 16.2 Å². The van der Waals surface area contributed by atoms with Crippen LogP contribution in [0.4, 0.5) is 5.69 Å². The first-order valence-electron chi connectivity index (χ1n) is 5.41. The van der Waals surface area contributed by atoms with E-state index in [0.29, 0.717) is 16.6 Å². The molecule has 1 aromatic carbocycles. The number of aryl methyl sites for hydroxylation is 2. The molecule has 0 aliphatic rings. The van der Waals surface area contributed by atoms with Crippen LogP contribution in [-0.2, 0) is 6.54 Å². The smallest absolute Gasteiger partial charge is 0.265 e. The predicted octanol–water partition coefficient (Wildman–Crippen LogP) is 3.22. The molecule has 0 N–H and O–H groups in total. The minimum absolute atomic E-state index is 0.108. The summed E-state index contributed by atoms with van der Waals surface area (Å²) < 4.78 is 2.47. The molecule has 0 aliphatic heterocycles. The Kier molecular flexibility index (Phi) is 3.47. The average molecular weight is 310 g/mol. The van der Waals surface area contributed by atoms with Gasteiger partial charge in [0.1, 0.15) is 0 Å². The molecule has 2 rings (SSSR count). The second-order valence-corrected chi connectivity index (χ2v) is 5.03. The van der Waals surface area contributed by atoms with E-state index in [1.54, 1.807) is 16.8 Å². The molecule has 18 heavy (non-hydrogen) atoms. The minimum Gasteiger partial charge on any atom is -0.265 e. The zero-order valence-electron chi connectivity index (χ0n) is 10.1. The van der Waals surface area contributed by atoms with Crippen LogP contribution in [0, 0.1) is 24.0 Å². The van der Waals surface area contributed by atoms with Crippen molar-refractivity contribution >= 4 is 21.6 Å². The van der Waals surface area contributed by atoms with Crippen molar-refractivity contribution in [1.29, 1.82) is 0 Å². The minimum atomic E-state index is -0.369. The lowest BCUT2D eigenvalue weighted by atomic mass is 10.2. The second-order valence-electron chi connectivity index (χ2n) is 4.11. The van der Waals surface area contributed by atoms with E-state index < -0.39 is 0 Å². The summed E-state index contributed by atoms with van der Waals surface area (Å²) in [6.07, 6.45) is 0. The third kappa shape index (κ3) is 2.59. The van der Waals surface area contributed by atoms with Crippen LogP contribution in [-0.4, -0.2) is 14.7 Å². The highest BCUT2D eigenvalue weighted by atomic mass is 79.9. The van der Waals surface area contributed by atoms with Crippen molar-refractivity contribution in [2.24, 2.45) is 0 Å². The lowest BCUT2D eigenvalue weighted by molar-refractivity contribution is -0.385. The van der Waals surface area contributed by atoms with Gasteiger partial charge in [0.15, 0.2) is 0 Å². The maximum absolute atomic E-state index is 11.0. The van der Waals surface area contributed by atoms with Gasteiger partial charge in [-0.25, -0.2) is 0 Å². The molecule has 0 amide bonds. The highest BCUT2D eigenvalue weighted by Crippen LogP contribution is 2.24. The molecule has 1 heterocycles. The zero-order chi connectivity index (χ0) is 13.3. The van der Waals surface area contributed by atoms with E-state index in [2.05, 4.69) is 21.0 Å². The fourth-order valence-corrected chi connectivity index (χ4v) is 2.19. The van der Waals surface area contributed by atoms with Crippen molar-refractivity contribution in [3.05, 3.63) is 55.8 Å². The SMILES string of the molecule is Cc1cc(C)n(Cc2ccc(Br)cc2[N+](=O)[O-])n1. The highest BCUT2D eigenvalue weighted by molar-refractivity contribution is 9.10. The maximum atomic E-state index is 11.0. The van der Waals surface area contributed by atoms with E-state index in [9.17, 15) is 10.1 Å². The number of hydrogen-bond acceptors (Lipinski definition) is 3. The standard InChI is InChI=1S/C12H12BrN3O2/c1-8-5-9(2)15(14-8)7-10-3-4-11(13)6-12(10)16(17)18/h3-6H,7H2,1-2H3. The summed E-state index contributed by atoms with van der Waals surface area (Å²) in [5.41, 5.74) is 2.66. The van der Waals surface area contributed by atoms with E-state index in [1.807, 2.05) is 19.9 Å². The molecule has 0 saturated heterocycles. The van der Waals surface area contributed by atoms with E-state index in [4.69, 9.17) is 0 Å². The molecule has 1 aromatic heterocycles. The summed E-state index contributed by atoms with van der Waals surface area (Å²) in [6, 6.07) is 7.01. The van der Waals surface area contributed by atoms with E-state index in [0.717, 1.165) is 11.4 Å². The summed E-state index contributed by atoms with van der Waals surface area (Å²) in [5.74, 6) is 0. The number of halogens is 1. The third-order valence-electron chi connectivity index (χ3n) is 2.67. The Morgan fingerprint density at radius 3 is 2.67 bits per heavy atom. The third-order valence-corrected chi connectivity index (χ3v) is 3.16. The van der Waals surface area contributed by atoms with E-state index in [1.165, 1.54) is 6.07 Å². The normalized spacial score (nSPS) is 10.6. The van der Waals surface area contributed by atoms with E-state index in [-0.39, 0.29) is 10.6 Å². The number of benzene rings is 1. The Labute approximate surface area is 113 Å². The summed E-state index contributed by atoms with van der Waals surface area (Å²) in [7, 11) is 0. The lowest BCUT2D eigenvalue weighted by Crippen LogP contribution is -2.06. The molecule has 0 fully saturated rings. The zero-order valence-corrected chi connectivity index (χ0v) is 11.6. The van der Waals surface area contributed by atoms with Crippen LogP contribution in [0.5, 0.6) is 0 Å². The van der Waals surface area contributed by atoms with Crippen molar-refractivity contribution in [2.75, 3.05) is 0 Å². The largest absolute Gasteiger partial charge is 0.275 e. The molecule has 94 valence electrons. The van der Waals surface area contributed by atoms with Gasteiger partial charge < -0.3 is 0 Å². The Bertz CT molecular complexity index is 607. The Hall–Kier alpha value is -1.69. The van der Waals surface area contributed by atoms with Crippen molar-refractivity contribution in [1.82, 2.24) is 9.78 Å². The molecule has 0 radical (unpaired) electrons. The van der Waals surface area contributed by atoms with Crippen molar-refractivity contribution < 1.29 is 4.92 Å². The number of nitro groups is 1. The first kappa shape index (κ1) is 12.8. The van der Waals surface area contributed by atoms with Crippen LogP contribution in [0.15, 0.2) is 28.7 Å². The molecule has 0 saturated carbocycles. The molecular formula is C12H12BrN3O2. The van der Waals surface area contributed by atoms with Gasteiger partial charge in [0.2, 0.25) is 0 Å². The van der Waals surface area contributed by atoms with Gasteiger partial charge in [-0.1, -0.05) is 15.9 Å². The highest BCUT2D eigenvalue weighted by Gasteiger charge is 2.15. The van der Waals surface area contributed by atoms with Crippen LogP contribution < -0.4 is 0 Å². The summed E-state index contributed by atoms with van der Waals surface area (Å²) >= 11 is 3.24. The van der Waals surface area contributed by atoms with Gasteiger partial charge in [-0.15, -0.1) is 0 Å². The number of aromatic nitrogens is 2. The number of nitrogens with zero attached hydrogens (tertiary/aromatic N) is 3. The molecule has 0 aliphatic carbocycles. The van der Waals surface area contributed by atoms with Crippen LogP contribution in [0.25, 0.3) is 0 Å². The molecule has 0 spiro atoms. The fourth-order valence-electron chi connectivity index (χ4n) is 1.84. The van der Waals surface area contributed by atoms with Crippen molar-refractivity contribution in [2.45, 2.75) is 20.4 Å². The van der Waals surface area contributed by atoms with Crippen molar-refractivity contribution in [3.63, 3.8) is 0 Å². The van der Waals surface area contributed by atoms with Gasteiger partial charge >= 0.3 is 0 Å². The van der Waals surface area contributed by atoms with Crippen LogP contribution in [0.3, 0.4) is 0 Å².